The largest absolute Gasteiger partial charge is 0.465 e. The first-order valence-corrected chi connectivity index (χ1v) is 11.1. The van der Waals surface area contributed by atoms with E-state index in [0.717, 1.165) is 16.9 Å². The number of thioether (sulfide) groups is 1. The van der Waals surface area contributed by atoms with E-state index < -0.39 is 5.97 Å². The molecule has 0 aliphatic heterocycles. The average molecular weight is 442 g/mol. The van der Waals surface area contributed by atoms with Crippen molar-refractivity contribution in [3.63, 3.8) is 0 Å². The van der Waals surface area contributed by atoms with Gasteiger partial charge in [0.25, 0.3) is 0 Å². The van der Waals surface area contributed by atoms with E-state index in [2.05, 4.69) is 29.4 Å². The number of carbonyl (C=O) groups is 2. The lowest BCUT2D eigenvalue weighted by atomic mass is 10.2. The normalized spacial score (nSPS) is 11.3. The molecule has 0 fully saturated rings. The summed E-state index contributed by atoms with van der Waals surface area (Å²) in [6.07, 6.45) is 0. The van der Waals surface area contributed by atoms with Crippen molar-refractivity contribution in [3.05, 3.63) is 46.4 Å². The van der Waals surface area contributed by atoms with Gasteiger partial charge in [-0.15, -0.1) is 21.5 Å². The number of ether oxygens (including phenoxy) is 1. The zero-order chi connectivity index (χ0) is 21.3. The number of hydrogen-bond acceptors (Lipinski definition) is 8. The van der Waals surface area contributed by atoms with Crippen molar-refractivity contribution >= 4 is 57.3 Å². The number of hydrogen-bond donors (Lipinski definition) is 1. The number of anilines is 1. The lowest BCUT2D eigenvalue weighted by Gasteiger charge is -2.10. The van der Waals surface area contributed by atoms with E-state index in [1.807, 2.05) is 28.7 Å². The van der Waals surface area contributed by atoms with Gasteiger partial charge in [-0.25, -0.2) is 9.78 Å². The van der Waals surface area contributed by atoms with Crippen molar-refractivity contribution in [1.29, 1.82) is 0 Å². The van der Waals surface area contributed by atoms with Crippen molar-refractivity contribution in [2.75, 3.05) is 18.2 Å². The standard InChI is InChI=1S/C20H19N5O3S2/c1-11(2)17-23-24-18-19(22-12-6-4-5-7-14(12)25(17)18)30-10-15(26)21-13-8-9-29-16(13)20(27)28-3/h4-9,11H,10H2,1-3H3,(H,21,26). The van der Waals surface area contributed by atoms with Crippen LogP contribution in [0, 0.1) is 0 Å². The summed E-state index contributed by atoms with van der Waals surface area (Å²) >= 11 is 2.50. The summed E-state index contributed by atoms with van der Waals surface area (Å²) in [5.74, 6) is 0.412. The van der Waals surface area contributed by atoms with Crippen LogP contribution in [0.25, 0.3) is 16.7 Å². The minimum Gasteiger partial charge on any atom is -0.465 e. The summed E-state index contributed by atoms with van der Waals surface area (Å²) < 4.78 is 6.75. The second-order valence-corrected chi connectivity index (χ2v) is 8.65. The average Bonchev–Trinajstić information content (AvgIpc) is 3.39. The molecular formula is C20H19N5O3S2. The van der Waals surface area contributed by atoms with Crippen molar-refractivity contribution in [2.24, 2.45) is 0 Å². The van der Waals surface area contributed by atoms with Gasteiger partial charge in [-0.05, 0) is 23.6 Å². The van der Waals surface area contributed by atoms with Crippen LogP contribution in [0.5, 0.6) is 0 Å². The number of rotatable bonds is 6. The number of carbonyl (C=O) groups excluding carboxylic acids is 2. The number of benzene rings is 1. The number of nitrogens with zero attached hydrogens (tertiary/aromatic N) is 4. The Hall–Kier alpha value is -2.98. The summed E-state index contributed by atoms with van der Waals surface area (Å²) in [5, 5.41) is 13.8. The van der Waals surface area contributed by atoms with Crippen molar-refractivity contribution < 1.29 is 14.3 Å². The van der Waals surface area contributed by atoms with E-state index in [1.165, 1.54) is 30.2 Å². The monoisotopic (exact) mass is 441 g/mol. The molecule has 3 heterocycles. The predicted octanol–water partition coefficient (Wildman–Crippen LogP) is 3.98. The Bertz CT molecular complexity index is 1250. The lowest BCUT2D eigenvalue weighted by molar-refractivity contribution is -0.113. The Labute approximate surface area is 180 Å². The highest BCUT2D eigenvalue weighted by Gasteiger charge is 2.19. The lowest BCUT2D eigenvalue weighted by Crippen LogP contribution is -2.16. The van der Waals surface area contributed by atoms with Crippen LogP contribution in [-0.2, 0) is 9.53 Å². The first-order chi connectivity index (χ1) is 14.5. The van der Waals surface area contributed by atoms with E-state index in [9.17, 15) is 9.59 Å². The van der Waals surface area contributed by atoms with Crippen LogP contribution in [0.3, 0.4) is 0 Å². The molecule has 3 aromatic heterocycles. The molecule has 0 spiro atoms. The fourth-order valence-electron chi connectivity index (χ4n) is 3.03. The zero-order valence-electron chi connectivity index (χ0n) is 16.6. The third-order valence-corrected chi connectivity index (χ3v) is 6.24. The third kappa shape index (κ3) is 3.75. The Kier molecular flexibility index (Phi) is 5.69. The number of fused-ring (bicyclic) bond motifs is 3. The maximum Gasteiger partial charge on any atom is 0.350 e. The summed E-state index contributed by atoms with van der Waals surface area (Å²) in [7, 11) is 1.31. The van der Waals surface area contributed by atoms with Gasteiger partial charge in [0, 0.05) is 5.92 Å². The summed E-state index contributed by atoms with van der Waals surface area (Å²) in [5.41, 5.74) is 2.80. The molecule has 0 atom stereocenters. The molecule has 1 N–H and O–H groups in total. The highest BCUT2D eigenvalue weighted by atomic mass is 32.2. The Morgan fingerprint density at radius 2 is 2.03 bits per heavy atom. The van der Waals surface area contributed by atoms with Gasteiger partial charge in [0.2, 0.25) is 5.91 Å². The molecule has 0 saturated carbocycles. The van der Waals surface area contributed by atoms with Gasteiger partial charge in [-0.1, -0.05) is 37.7 Å². The van der Waals surface area contributed by atoms with Crippen LogP contribution in [0.4, 0.5) is 5.69 Å². The number of esters is 1. The van der Waals surface area contributed by atoms with Crippen LogP contribution in [-0.4, -0.2) is 44.3 Å². The topological polar surface area (TPSA) is 98.5 Å². The number of thiophene rings is 1. The van der Waals surface area contributed by atoms with E-state index in [1.54, 1.807) is 11.4 Å². The Balaban J connectivity index is 1.60. The molecule has 0 saturated heterocycles. The molecule has 154 valence electrons. The van der Waals surface area contributed by atoms with Gasteiger partial charge in [0.05, 0.1) is 29.6 Å². The number of methoxy groups -OCH3 is 1. The highest BCUT2D eigenvalue weighted by molar-refractivity contribution is 8.00. The third-order valence-electron chi connectivity index (χ3n) is 4.39. The molecule has 1 aromatic carbocycles. The number of nitrogens with one attached hydrogen (secondary N) is 1. The van der Waals surface area contributed by atoms with Gasteiger partial charge in [0.15, 0.2) is 5.65 Å². The second-order valence-electron chi connectivity index (χ2n) is 6.77. The number of amides is 1. The van der Waals surface area contributed by atoms with Crippen molar-refractivity contribution in [1.82, 2.24) is 19.6 Å². The van der Waals surface area contributed by atoms with Crippen LogP contribution in [0.2, 0.25) is 0 Å². The van der Waals surface area contributed by atoms with Crippen LogP contribution in [0.15, 0.2) is 40.7 Å². The molecule has 4 rings (SSSR count). The SMILES string of the molecule is COC(=O)c1sccc1NC(=O)CSc1nc2ccccc2n2c(C(C)C)nnc12. The maximum atomic E-state index is 12.5. The second kappa shape index (κ2) is 8.41. The van der Waals surface area contributed by atoms with E-state index >= 15 is 0 Å². The molecule has 0 aliphatic carbocycles. The Morgan fingerprint density at radius 3 is 2.80 bits per heavy atom. The van der Waals surface area contributed by atoms with Crippen LogP contribution >= 0.6 is 23.1 Å². The predicted molar refractivity (Wildman–Crippen MR) is 117 cm³/mol. The molecule has 30 heavy (non-hydrogen) atoms. The van der Waals surface area contributed by atoms with E-state index in [0.29, 0.717) is 21.2 Å². The molecule has 0 bridgehead atoms. The van der Waals surface area contributed by atoms with Gasteiger partial charge in [0.1, 0.15) is 15.7 Å². The summed E-state index contributed by atoms with van der Waals surface area (Å²) in [6.45, 7) is 4.12. The van der Waals surface area contributed by atoms with Crippen molar-refractivity contribution in [2.45, 2.75) is 24.8 Å². The molecule has 1 amide bonds. The van der Waals surface area contributed by atoms with Gasteiger partial charge in [-0.2, -0.15) is 0 Å². The summed E-state index contributed by atoms with van der Waals surface area (Å²) in [6, 6.07) is 9.47. The fraction of sp³-hybridized carbons (Fsp3) is 0.250. The molecule has 10 heteroatoms. The van der Waals surface area contributed by atoms with E-state index in [4.69, 9.17) is 9.72 Å². The summed E-state index contributed by atoms with van der Waals surface area (Å²) in [4.78, 5) is 29.4. The Morgan fingerprint density at radius 1 is 1.23 bits per heavy atom. The molecule has 0 radical (unpaired) electrons. The quantitative estimate of drug-likeness (QED) is 0.357. The van der Waals surface area contributed by atoms with Crippen molar-refractivity contribution in [3.8, 4) is 0 Å². The maximum absolute atomic E-state index is 12.5. The van der Waals surface area contributed by atoms with Gasteiger partial charge >= 0.3 is 5.97 Å². The van der Waals surface area contributed by atoms with E-state index in [-0.39, 0.29) is 17.6 Å². The number of aromatic nitrogens is 4. The highest BCUT2D eigenvalue weighted by Crippen LogP contribution is 2.28. The first kappa shape index (κ1) is 20.3. The minimum absolute atomic E-state index is 0.112. The molecule has 0 aliphatic rings. The number of para-hydroxylation sites is 2. The molecular weight excluding hydrogens is 422 g/mol. The molecule has 4 aromatic rings. The van der Waals surface area contributed by atoms with Crippen LogP contribution < -0.4 is 5.32 Å². The zero-order valence-corrected chi connectivity index (χ0v) is 18.2. The smallest absolute Gasteiger partial charge is 0.350 e. The van der Waals surface area contributed by atoms with Gasteiger partial charge in [-0.3, -0.25) is 9.20 Å². The minimum atomic E-state index is -0.476. The molecule has 8 nitrogen and oxygen atoms in total. The fourth-order valence-corrected chi connectivity index (χ4v) is 4.56. The first-order valence-electron chi connectivity index (χ1n) is 9.21. The van der Waals surface area contributed by atoms with Crippen LogP contribution in [0.1, 0.15) is 35.3 Å². The van der Waals surface area contributed by atoms with Gasteiger partial charge < -0.3 is 10.1 Å². The molecule has 0 unspecified atom stereocenters.